The highest BCUT2D eigenvalue weighted by Gasteiger charge is 2.23. The van der Waals surface area contributed by atoms with E-state index in [1.165, 1.54) is 0 Å². The molecule has 90 valence electrons. The van der Waals surface area contributed by atoms with Crippen molar-refractivity contribution in [3.63, 3.8) is 0 Å². The van der Waals surface area contributed by atoms with E-state index in [1.807, 2.05) is 27.7 Å². The third-order valence-electron chi connectivity index (χ3n) is 2.50. The Balaban J connectivity index is 3.42. The van der Waals surface area contributed by atoms with Gasteiger partial charge in [0.25, 0.3) is 0 Å². The molecule has 0 saturated carbocycles. The Hall–Kier alpha value is -0.380. The van der Waals surface area contributed by atoms with Gasteiger partial charge >= 0.3 is 0 Å². The smallest absolute Gasteiger partial charge is 0.0766 e. The van der Waals surface area contributed by atoms with Crippen LogP contribution in [-0.4, -0.2) is 37.0 Å². The molecule has 3 heteroatoms. The number of nitrogens with one attached hydrogen (secondary N) is 1. The Bertz CT molecular complexity index is 188. The van der Waals surface area contributed by atoms with Crippen molar-refractivity contribution < 1.29 is 9.84 Å². The molecule has 0 radical (unpaired) electrons. The third kappa shape index (κ3) is 7.54. The molecule has 0 aromatic rings. The van der Waals surface area contributed by atoms with Gasteiger partial charge in [-0.25, -0.2) is 0 Å². The lowest BCUT2D eigenvalue weighted by atomic mass is 9.93. The highest BCUT2D eigenvalue weighted by atomic mass is 16.5. The van der Waals surface area contributed by atoms with Crippen LogP contribution in [0.3, 0.4) is 0 Å². The SMILES string of the molecule is C=C(C)COCCNCC(C)(O)C(C)C. The normalized spacial score (nSPS) is 15.3. The average molecular weight is 215 g/mol. The Kier molecular flexibility index (Phi) is 6.81. The fourth-order valence-corrected chi connectivity index (χ4v) is 0.936. The molecule has 1 unspecified atom stereocenters. The molecule has 0 aliphatic rings. The Morgan fingerprint density at radius 3 is 2.60 bits per heavy atom. The second kappa shape index (κ2) is 6.99. The molecule has 0 aliphatic carbocycles. The molecule has 0 saturated heterocycles. The molecule has 0 spiro atoms. The van der Waals surface area contributed by atoms with Gasteiger partial charge in [-0.1, -0.05) is 26.0 Å². The first-order valence-corrected chi connectivity index (χ1v) is 5.51. The van der Waals surface area contributed by atoms with Gasteiger partial charge in [0.15, 0.2) is 0 Å². The summed E-state index contributed by atoms with van der Waals surface area (Å²) in [6, 6.07) is 0. The van der Waals surface area contributed by atoms with Gasteiger partial charge in [0.1, 0.15) is 0 Å². The molecular weight excluding hydrogens is 190 g/mol. The lowest BCUT2D eigenvalue weighted by Gasteiger charge is -2.27. The summed E-state index contributed by atoms with van der Waals surface area (Å²) in [6.07, 6.45) is 0. The maximum absolute atomic E-state index is 9.92. The van der Waals surface area contributed by atoms with Crippen LogP contribution in [0, 0.1) is 5.92 Å². The summed E-state index contributed by atoms with van der Waals surface area (Å²) in [6.45, 7) is 14.2. The summed E-state index contributed by atoms with van der Waals surface area (Å²) >= 11 is 0. The van der Waals surface area contributed by atoms with Gasteiger partial charge in [-0.15, -0.1) is 0 Å². The summed E-state index contributed by atoms with van der Waals surface area (Å²) < 4.78 is 5.33. The largest absolute Gasteiger partial charge is 0.389 e. The quantitative estimate of drug-likeness (QED) is 0.477. The Morgan fingerprint density at radius 2 is 2.13 bits per heavy atom. The van der Waals surface area contributed by atoms with Crippen LogP contribution in [0.1, 0.15) is 27.7 Å². The second-order valence-corrected chi connectivity index (χ2v) is 4.70. The van der Waals surface area contributed by atoms with Crippen molar-refractivity contribution in [1.29, 1.82) is 0 Å². The van der Waals surface area contributed by atoms with Crippen LogP contribution in [0.5, 0.6) is 0 Å². The van der Waals surface area contributed by atoms with Gasteiger partial charge in [-0.3, -0.25) is 0 Å². The molecule has 0 fully saturated rings. The van der Waals surface area contributed by atoms with Crippen LogP contribution < -0.4 is 5.32 Å². The van der Waals surface area contributed by atoms with Gasteiger partial charge in [-0.05, 0) is 19.8 Å². The van der Waals surface area contributed by atoms with E-state index >= 15 is 0 Å². The monoisotopic (exact) mass is 215 g/mol. The Morgan fingerprint density at radius 1 is 1.53 bits per heavy atom. The van der Waals surface area contributed by atoms with Crippen LogP contribution in [0.15, 0.2) is 12.2 Å². The summed E-state index contributed by atoms with van der Waals surface area (Å²) in [5.74, 6) is 0.251. The minimum Gasteiger partial charge on any atom is -0.389 e. The predicted molar refractivity (Wildman–Crippen MR) is 64.0 cm³/mol. The van der Waals surface area contributed by atoms with Crippen molar-refractivity contribution in [1.82, 2.24) is 5.32 Å². The Labute approximate surface area is 93.5 Å². The lowest BCUT2D eigenvalue weighted by molar-refractivity contribution is 0.0127. The number of aliphatic hydroxyl groups is 1. The lowest BCUT2D eigenvalue weighted by Crippen LogP contribution is -2.43. The average Bonchev–Trinajstić information content (AvgIpc) is 2.10. The standard InChI is InChI=1S/C12H25NO2/c1-10(2)8-15-7-6-13-9-12(5,14)11(3)4/h11,13-14H,1,6-9H2,2-5H3. The van der Waals surface area contributed by atoms with Crippen molar-refractivity contribution >= 4 is 0 Å². The zero-order valence-corrected chi connectivity index (χ0v) is 10.5. The molecule has 0 aliphatic heterocycles. The zero-order chi connectivity index (χ0) is 11.9. The van der Waals surface area contributed by atoms with Gasteiger partial charge in [0, 0.05) is 13.1 Å². The van der Waals surface area contributed by atoms with E-state index in [9.17, 15) is 5.11 Å². The van der Waals surface area contributed by atoms with E-state index in [1.54, 1.807) is 0 Å². The molecule has 0 heterocycles. The molecule has 15 heavy (non-hydrogen) atoms. The van der Waals surface area contributed by atoms with Gasteiger partial charge < -0.3 is 15.2 Å². The maximum atomic E-state index is 9.92. The van der Waals surface area contributed by atoms with E-state index in [0.717, 1.165) is 12.1 Å². The van der Waals surface area contributed by atoms with E-state index in [2.05, 4.69) is 11.9 Å². The predicted octanol–water partition coefficient (Wildman–Crippen LogP) is 1.58. The molecule has 0 aromatic heterocycles. The van der Waals surface area contributed by atoms with Crippen LogP contribution in [-0.2, 0) is 4.74 Å². The summed E-state index contributed by atoms with van der Waals surface area (Å²) in [5, 5.41) is 13.1. The second-order valence-electron chi connectivity index (χ2n) is 4.70. The summed E-state index contributed by atoms with van der Waals surface area (Å²) in [7, 11) is 0. The van der Waals surface area contributed by atoms with E-state index in [-0.39, 0.29) is 5.92 Å². The van der Waals surface area contributed by atoms with Crippen LogP contribution in [0.25, 0.3) is 0 Å². The molecule has 0 amide bonds. The minimum absolute atomic E-state index is 0.251. The fourth-order valence-electron chi connectivity index (χ4n) is 0.936. The first-order valence-electron chi connectivity index (χ1n) is 5.51. The van der Waals surface area contributed by atoms with Crippen molar-refractivity contribution in [2.75, 3.05) is 26.3 Å². The number of ether oxygens (including phenoxy) is 1. The fraction of sp³-hybridized carbons (Fsp3) is 0.833. The van der Waals surface area contributed by atoms with Crippen LogP contribution in [0.4, 0.5) is 0 Å². The van der Waals surface area contributed by atoms with Crippen molar-refractivity contribution in [2.24, 2.45) is 5.92 Å². The molecule has 0 bridgehead atoms. The number of hydrogen-bond donors (Lipinski definition) is 2. The molecule has 2 N–H and O–H groups in total. The molecule has 0 aromatic carbocycles. The van der Waals surface area contributed by atoms with Gasteiger partial charge in [-0.2, -0.15) is 0 Å². The van der Waals surface area contributed by atoms with E-state index in [4.69, 9.17) is 4.74 Å². The summed E-state index contributed by atoms with van der Waals surface area (Å²) in [5.41, 5.74) is 0.387. The third-order valence-corrected chi connectivity index (χ3v) is 2.50. The van der Waals surface area contributed by atoms with Crippen molar-refractivity contribution in [2.45, 2.75) is 33.3 Å². The zero-order valence-electron chi connectivity index (χ0n) is 10.5. The minimum atomic E-state index is -0.644. The van der Waals surface area contributed by atoms with Crippen LogP contribution >= 0.6 is 0 Å². The van der Waals surface area contributed by atoms with Crippen molar-refractivity contribution in [3.05, 3.63) is 12.2 Å². The van der Waals surface area contributed by atoms with Crippen molar-refractivity contribution in [3.8, 4) is 0 Å². The molecular formula is C12H25NO2. The van der Waals surface area contributed by atoms with Crippen LogP contribution in [0.2, 0.25) is 0 Å². The summed E-state index contributed by atoms with van der Waals surface area (Å²) in [4.78, 5) is 0. The highest BCUT2D eigenvalue weighted by molar-refractivity contribution is 4.87. The van der Waals surface area contributed by atoms with Gasteiger partial charge in [0.05, 0.1) is 18.8 Å². The first-order chi connectivity index (χ1) is 6.86. The molecule has 1 atom stereocenters. The maximum Gasteiger partial charge on any atom is 0.0766 e. The number of rotatable bonds is 8. The highest BCUT2D eigenvalue weighted by Crippen LogP contribution is 2.14. The first kappa shape index (κ1) is 14.6. The molecule has 0 rings (SSSR count). The van der Waals surface area contributed by atoms with Gasteiger partial charge in [0.2, 0.25) is 0 Å². The van der Waals surface area contributed by atoms with E-state index in [0.29, 0.717) is 19.8 Å². The molecule has 3 nitrogen and oxygen atoms in total. The number of hydrogen-bond acceptors (Lipinski definition) is 3. The topological polar surface area (TPSA) is 41.5 Å². The van der Waals surface area contributed by atoms with E-state index < -0.39 is 5.60 Å².